The van der Waals surface area contributed by atoms with E-state index in [1.165, 1.54) is 11.1 Å². The summed E-state index contributed by atoms with van der Waals surface area (Å²) in [5, 5.41) is 3.11. The van der Waals surface area contributed by atoms with Gasteiger partial charge in [0.1, 0.15) is 0 Å². The Labute approximate surface area is 166 Å². The Bertz CT molecular complexity index is 718. The maximum Gasteiger partial charge on any atom is 0.191 e. The van der Waals surface area contributed by atoms with Crippen LogP contribution in [0.4, 0.5) is 5.13 Å². The molecule has 1 aromatic carbocycles. The molecule has 0 bridgehead atoms. The van der Waals surface area contributed by atoms with Crippen LogP contribution in [0.1, 0.15) is 25.0 Å². The van der Waals surface area contributed by atoms with Gasteiger partial charge in [0.2, 0.25) is 0 Å². The number of piperazine rings is 1. The van der Waals surface area contributed by atoms with Gasteiger partial charge < -0.3 is 15.5 Å². The van der Waals surface area contributed by atoms with Crippen LogP contribution in [0.15, 0.2) is 40.8 Å². The number of hydrogen-bond donors (Lipinski definition) is 1. The van der Waals surface area contributed by atoms with Crippen LogP contribution in [0, 0.1) is 0 Å². The molecule has 146 valence electrons. The highest BCUT2D eigenvalue weighted by molar-refractivity contribution is 7.13. The first kappa shape index (κ1) is 19.6. The minimum atomic E-state index is 0.635. The van der Waals surface area contributed by atoms with Crippen molar-refractivity contribution < 1.29 is 0 Å². The molecule has 1 aliphatic rings. The zero-order valence-corrected chi connectivity index (χ0v) is 17.2. The lowest BCUT2D eigenvalue weighted by molar-refractivity contribution is 0.295. The van der Waals surface area contributed by atoms with Gasteiger partial charge in [-0.3, -0.25) is 4.90 Å². The Morgan fingerprint density at radius 2 is 1.85 bits per heavy atom. The smallest absolute Gasteiger partial charge is 0.191 e. The molecule has 2 N–H and O–H groups in total. The molecule has 1 fully saturated rings. The Hall–Kier alpha value is -2.12. The lowest BCUT2D eigenvalue weighted by atomic mass is 10.1. The molecular formula is C20H30N6S. The number of thiazole rings is 1. The molecule has 7 heteroatoms. The maximum absolute atomic E-state index is 6.30. The third-order valence-electron chi connectivity index (χ3n) is 5.11. The van der Waals surface area contributed by atoms with E-state index in [9.17, 15) is 0 Å². The van der Waals surface area contributed by atoms with Crippen LogP contribution in [0.3, 0.4) is 0 Å². The van der Waals surface area contributed by atoms with E-state index in [0.717, 1.165) is 50.9 Å². The molecule has 27 heavy (non-hydrogen) atoms. The fraction of sp³-hybridized carbons (Fsp3) is 0.500. The number of benzene rings is 1. The van der Waals surface area contributed by atoms with Crippen molar-refractivity contribution in [2.45, 2.75) is 26.9 Å². The molecule has 2 heterocycles. The van der Waals surface area contributed by atoms with E-state index >= 15 is 0 Å². The van der Waals surface area contributed by atoms with Crippen LogP contribution in [0.2, 0.25) is 0 Å². The van der Waals surface area contributed by atoms with Gasteiger partial charge in [0.05, 0.1) is 6.54 Å². The van der Waals surface area contributed by atoms with Crippen LogP contribution >= 0.6 is 11.3 Å². The molecule has 0 radical (unpaired) electrons. The summed E-state index contributed by atoms with van der Waals surface area (Å²) in [4.78, 5) is 16.0. The fourth-order valence-electron chi connectivity index (χ4n) is 3.32. The number of hydrogen-bond acceptors (Lipinski definition) is 5. The van der Waals surface area contributed by atoms with Gasteiger partial charge in [-0.15, -0.1) is 11.3 Å². The first-order valence-corrected chi connectivity index (χ1v) is 10.6. The Morgan fingerprint density at radius 1 is 1.15 bits per heavy atom. The predicted molar refractivity (Wildman–Crippen MR) is 114 cm³/mol. The number of nitrogens with two attached hydrogens (primary N) is 1. The Kier molecular flexibility index (Phi) is 7.06. The van der Waals surface area contributed by atoms with Gasteiger partial charge in [-0.25, -0.2) is 9.98 Å². The third kappa shape index (κ3) is 5.20. The van der Waals surface area contributed by atoms with E-state index in [4.69, 9.17) is 10.7 Å². The minimum Gasteiger partial charge on any atom is -0.370 e. The Balaban J connectivity index is 1.58. The van der Waals surface area contributed by atoms with Crippen LogP contribution in [0.25, 0.3) is 0 Å². The van der Waals surface area contributed by atoms with E-state index in [1.807, 2.05) is 11.6 Å². The topological polar surface area (TPSA) is 61.0 Å². The van der Waals surface area contributed by atoms with Crippen molar-refractivity contribution in [3.05, 3.63) is 47.0 Å². The lowest BCUT2D eigenvalue weighted by Crippen LogP contribution is -2.51. The molecule has 6 nitrogen and oxygen atoms in total. The third-order valence-corrected chi connectivity index (χ3v) is 5.94. The van der Waals surface area contributed by atoms with Crippen LogP contribution in [-0.2, 0) is 13.1 Å². The van der Waals surface area contributed by atoms with Gasteiger partial charge in [-0.2, -0.15) is 0 Å². The van der Waals surface area contributed by atoms with Crippen molar-refractivity contribution in [1.82, 2.24) is 14.8 Å². The lowest BCUT2D eigenvalue weighted by Gasteiger charge is -2.35. The number of rotatable bonds is 7. The highest BCUT2D eigenvalue weighted by Crippen LogP contribution is 2.19. The van der Waals surface area contributed by atoms with Gasteiger partial charge in [0.25, 0.3) is 0 Å². The number of aliphatic imine (C=N–C) groups is 1. The highest BCUT2D eigenvalue weighted by atomic mass is 32.1. The largest absolute Gasteiger partial charge is 0.370 e. The number of aromatic nitrogens is 1. The molecule has 0 spiro atoms. The summed E-state index contributed by atoms with van der Waals surface area (Å²) in [6, 6.07) is 8.55. The summed E-state index contributed by atoms with van der Waals surface area (Å²) in [6.45, 7) is 11.7. The van der Waals surface area contributed by atoms with Crippen LogP contribution in [0.5, 0.6) is 0 Å². The minimum absolute atomic E-state index is 0.635. The van der Waals surface area contributed by atoms with E-state index in [0.29, 0.717) is 12.5 Å². The molecule has 0 amide bonds. The average Bonchev–Trinajstić information content (AvgIpc) is 3.26. The van der Waals surface area contributed by atoms with Crippen molar-refractivity contribution in [1.29, 1.82) is 0 Å². The van der Waals surface area contributed by atoms with Crippen molar-refractivity contribution in [2.75, 3.05) is 44.2 Å². The monoisotopic (exact) mass is 386 g/mol. The maximum atomic E-state index is 6.30. The van der Waals surface area contributed by atoms with Gasteiger partial charge in [-0.1, -0.05) is 38.1 Å². The zero-order valence-electron chi connectivity index (χ0n) is 16.3. The van der Waals surface area contributed by atoms with E-state index < -0.39 is 0 Å². The molecule has 1 saturated heterocycles. The quantitative estimate of drug-likeness (QED) is 0.585. The Morgan fingerprint density at radius 3 is 2.48 bits per heavy atom. The molecule has 1 aromatic heterocycles. The summed E-state index contributed by atoms with van der Waals surface area (Å²) in [7, 11) is 0. The van der Waals surface area contributed by atoms with Crippen LogP contribution in [-0.4, -0.2) is 60.0 Å². The number of anilines is 1. The molecule has 3 rings (SSSR count). The van der Waals surface area contributed by atoms with Gasteiger partial charge in [0, 0.05) is 44.3 Å². The summed E-state index contributed by atoms with van der Waals surface area (Å²) in [5.41, 5.74) is 8.90. The molecule has 0 aliphatic carbocycles. The SMILES string of the molecule is CCN(CC)Cc1ccccc1CN=C(N)N1CCN(c2nccs2)CC1. The van der Waals surface area contributed by atoms with E-state index in [-0.39, 0.29) is 0 Å². The first-order valence-electron chi connectivity index (χ1n) is 9.69. The van der Waals surface area contributed by atoms with E-state index in [1.54, 1.807) is 11.3 Å². The van der Waals surface area contributed by atoms with Crippen molar-refractivity contribution in [2.24, 2.45) is 10.7 Å². The average molecular weight is 387 g/mol. The van der Waals surface area contributed by atoms with Gasteiger partial charge in [-0.05, 0) is 24.2 Å². The second-order valence-electron chi connectivity index (χ2n) is 6.69. The summed E-state index contributed by atoms with van der Waals surface area (Å²) >= 11 is 1.69. The molecule has 1 aliphatic heterocycles. The predicted octanol–water partition coefficient (Wildman–Crippen LogP) is 2.62. The fourth-order valence-corrected chi connectivity index (χ4v) is 4.02. The summed E-state index contributed by atoms with van der Waals surface area (Å²) in [5.74, 6) is 0.645. The highest BCUT2D eigenvalue weighted by Gasteiger charge is 2.19. The van der Waals surface area contributed by atoms with E-state index in [2.05, 4.69) is 57.8 Å². The van der Waals surface area contributed by atoms with Gasteiger partial charge >= 0.3 is 0 Å². The normalized spacial score (nSPS) is 15.6. The first-order chi connectivity index (χ1) is 13.2. The van der Waals surface area contributed by atoms with Crippen molar-refractivity contribution >= 4 is 22.4 Å². The summed E-state index contributed by atoms with van der Waals surface area (Å²) in [6.07, 6.45) is 1.86. The summed E-state index contributed by atoms with van der Waals surface area (Å²) < 4.78 is 0. The van der Waals surface area contributed by atoms with Gasteiger partial charge in [0.15, 0.2) is 11.1 Å². The molecule has 0 unspecified atom stereocenters. The van der Waals surface area contributed by atoms with Crippen molar-refractivity contribution in [3.8, 4) is 0 Å². The molecule has 2 aromatic rings. The standard InChI is InChI=1S/C20H30N6S/c1-3-24(4-2)16-18-8-6-5-7-17(18)15-23-19(21)25-10-12-26(13-11-25)20-22-9-14-27-20/h5-9,14H,3-4,10-13,15-16H2,1-2H3,(H2,21,23). The second-order valence-corrected chi connectivity index (χ2v) is 7.57. The zero-order chi connectivity index (χ0) is 19.1. The van der Waals surface area contributed by atoms with Crippen LogP contribution < -0.4 is 10.6 Å². The second kappa shape index (κ2) is 9.71. The molecule has 0 atom stereocenters. The van der Waals surface area contributed by atoms with Crippen molar-refractivity contribution in [3.63, 3.8) is 0 Å². The molecular weight excluding hydrogens is 356 g/mol. The molecule has 0 saturated carbocycles. The number of nitrogens with zero attached hydrogens (tertiary/aromatic N) is 5. The number of guanidine groups is 1.